The molecule has 0 aromatic rings. The van der Waals surface area contributed by atoms with Crippen LogP contribution in [0.25, 0.3) is 0 Å². The van der Waals surface area contributed by atoms with Crippen molar-refractivity contribution in [1.29, 1.82) is 0 Å². The lowest BCUT2D eigenvalue weighted by atomic mass is 9.69. The van der Waals surface area contributed by atoms with Crippen molar-refractivity contribution in [2.75, 3.05) is 20.1 Å². The molecule has 0 aromatic carbocycles. The molecule has 2 saturated carbocycles. The van der Waals surface area contributed by atoms with Gasteiger partial charge in [0.2, 0.25) is 5.91 Å². The summed E-state index contributed by atoms with van der Waals surface area (Å²) in [4.78, 5) is 15.8. The Morgan fingerprint density at radius 3 is 2.34 bits per heavy atom. The summed E-state index contributed by atoms with van der Waals surface area (Å²) in [6, 6.07) is -1.42. The third-order valence-corrected chi connectivity index (χ3v) is 9.84. The number of likely N-dealkylation sites (tertiary alicyclic amines) is 1. The molecule has 218 valence electrons. The summed E-state index contributed by atoms with van der Waals surface area (Å²) < 4.78 is 81.5. The Morgan fingerprint density at radius 1 is 1.08 bits per heavy atom. The molecule has 0 bridgehead atoms. The van der Waals surface area contributed by atoms with E-state index in [2.05, 4.69) is 20.7 Å². The first-order chi connectivity index (χ1) is 17.7. The Morgan fingerprint density at radius 2 is 1.74 bits per heavy atom. The van der Waals surface area contributed by atoms with Gasteiger partial charge in [-0.25, -0.2) is 10.4 Å². The molecule has 38 heavy (non-hydrogen) atoms. The minimum absolute atomic E-state index is 0.127. The summed E-state index contributed by atoms with van der Waals surface area (Å²) in [6.45, 7) is 1.68. The van der Waals surface area contributed by atoms with Gasteiger partial charge in [-0.15, -0.1) is 11.6 Å². The van der Waals surface area contributed by atoms with E-state index in [9.17, 15) is 36.2 Å². The Balaban J connectivity index is 1.21. The van der Waals surface area contributed by atoms with Crippen LogP contribution in [0.5, 0.6) is 0 Å². The number of halogens is 7. The fraction of sp³-hybridized carbons (Fsp3) is 0.958. The molecule has 3 aliphatic heterocycles. The van der Waals surface area contributed by atoms with Crippen LogP contribution in [0.2, 0.25) is 0 Å². The summed E-state index contributed by atoms with van der Waals surface area (Å²) in [5.41, 5.74) is 0.210. The number of hydrogen-bond donors (Lipinski definition) is 3. The standard InChI is InChI=1S/C24H36ClF6N5O2/c1-34(21(37)14-10-22(38,11-14)24(29,30)31)20(23(26,27)28)13-4-6-15(7-5-13)35-8-2-3-16-17(35)12-32-19-9-18(25)33-36(16)19/h13-20,32-33,38H,2-12H2,1H3/t13?,14?,15?,16?,17?,18?,19?,20-,22?/m0/s1. The van der Waals surface area contributed by atoms with E-state index in [1.165, 1.54) is 0 Å². The lowest BCUT2D eigenvalue weighted by Crippen LogP contribution is -2.70. The van der Waals surface area contributed by atoms with Gasteiger partial charge in [-0.3, -0.25) is 15.0 Å². The number of aliphatic hydroxyl groups is 1. The van der Waals surface area contributed by atoms with Crippen molar-refractivity contribution in [2.24, 2.45) is 11.8 Å². The maximum absolute atomic E-state index is 14.2. The number of carbonyl (C=O) groups is 1. The van der Waals surface area contributed by atoms with E-state index in [0.717, 1.165) is 39.4 Å². The minimum Gasteiger partial charge on any atom is -0.380 e. The van der Waals surface area contributed by atoms with Gasteiger partial charge in [-0.05, 0) is 63.8 Å². The highest BCUT2D eigenvalue weighted by Gasteiger charge is 2.64. The molecule has 14 heteroatoms. The van der Waals surface area contributed by atoms with Crippen LogP contribution in [-0.2, 0) is 4.79 Å². The van der Waals surface area contributed by atoms with Gasteiger partial charge >= 0.3 is 12.4 Å². The molecule has 3 saturated heterocycles. The molecular weight excluding hydrogens is 540 g/mol. The number of rotatable bonds is 4. The van der Waals surface area contributed by atoms with Crippen LogP contribution in [0.1, 0.15) is 57.8 Å². The van der Waals surface area contributed by atoms with Crippen LogP contribution >= 0.6 is 11.6 Å². The molecule has 2 aliphatic carbocycles. The average molecular weight is 576 g/mol. The third kappa shape index (κ3) is 5.15. The van der Waals surface area contributed by atoms with Crippen molar-refractivity contribution < 1.29 is 36.2 Å². The van der Waals surface area contributed by atoms with Gasteiger partial charge < -0.3 is 10.0 Å². The van der Waals surface area contributed by atoms with E-state index < -0.39 is 54.6 Å². The Bertz CT molecular complexity index is 879. The van der Waals surface area contributed by atoms with Crippen molar-refractivity contribution >= 4 is 17.5 Å². The molecule has 7 nitrogen and oxygen atoms in total. The number of nitrogens with one attached hydrogen (secondary N) is 2. The van der Waals surface area contributed by atoms with E-state index in [-0.39, 0.29) is 42.6 Å². The summed E-state index contributed by atoms with van der Waals surface area (Å²) >= 11 is 6.31. The zero-order valence-electron chi connectivity index (χ0n) is 21.2. The first-order valence-electron chi connectivity index (χ1n) is 13.5. The van der Waals surface area contributed by atoms with E-state index in [1.54, 1.807) is 0 Å². The molecule has 5 atom stereocenters. The molecule has 0 spiro atoms. The minimum atomic E-state index is -4.91. The normalized spacial score (nSPS) is 41.7. The van der Waals surface area contributed by atoms with E-state index >= 15 is 0 Å². The quantitative estimate of drug-likeness (QED) is 0.272. The predicted octanol–water partition coefficient (Wildman–Crippen LogP) is 3.18. The molecular formula is C24H36ClF6N5O2. The number of hydrogen-bond acceptors (Lipinski definition) is 6. The fourth-order valence-electron chi connectivity index (χ4n) is 7.61. The Labute approximate surface area is 223 Å². The van der Waals surface area contributed by atoms with Crippen molar-refractivity contribution in [1.82, 2.24) is 25.6 Å². The van der Waals surface area contributed by atoms with E-state index in [1.807, 2.05) is 0 Å². The van der Waals surface area contributed by atoms with Gasteiger partial charge in [0.1, 0.15) is 6.04 Å². The van der Waals surface area contributed by atoms with Crippen molar-refractivity contribution in [3.05, 3.63) is 0 Å². The van der Waals surface area contributed by atoms with Crippen molar-refractivity contribution in [3.63, 3.8) is 0 Å². The molecule has 5 fully saturated rings. The lowest BCUT2D eigenvalue weighted by molar-refractivity contribution is -0.297. The molecule has 4 unspecified atom stereocenters. The monoisotopic (exact) mass is 575 g/mol. The van der Waals surface area contributed by atoms with Crippen molar-refractivity contribution in [2.45, 2.75) is 112 Å². The maximum Gasteiger partial charge on any atom is 0.417 e. The number of fused-ring (bicyclic) bond motifs is 3. The second kappa shape index (κ2) is 10.2. The largest absolute Gasteiger partial charge is 0.417 e. The van der Waals surface area contributed by atoms with Crippen LogP contribution in [-0.4, -0.2) is 99.7 Å². The SMILES string of the molecule is CN(C(=O)C1CC(O)(C(F)(F)F)C1)[C@@H](C1CCC(N2CCCC3C2CNC2CC(Cl)NN23)CC1)C(F)(F)F. The van der Waals surface area contributed by atoms with Crippen LogP contribution in [0.4, 0.5) is 26.3 Å². The Hall–Kier alpha value is -0.860. The molecule has 5 aliphatic rings. The molecule has 0 radical (unpaired) electrons. The number of amides is 1. The molecule has 3 heterocycles. The highest BCUT2D eigenvalue weighted by molar-refractivity contribution is 6.20. The van der Waals surface area contributed by atoms with E-state index in [0.29, 0.717) is 17.7 Å². The topological polar surface area (TPSA) is 71.1 Å². The lowest BCUT2D eigenvalue weighted by Gasteiger charge is -2.53. The van der Waals surface area contributed by atoms with Crippen LogP contribution < -0.4 is 10.7 Å². The van der Waals surface area contributed by atoms with Gasteiger partial charge in [-0.2, -0.15) is 26.3 Å². The second-order valence-electron chi connectivity index (χ2n) is 11.8. The summed E-state index contributed by atoms with van der Waals surface area (Å²) in [7, 11) is 1.03. The van der Waals surface area contributed by atoms with Crippen LogP contribution in [0.15, 0.2) is 0 Å². The van der Waals surface area contributed by atoms with Gasteiger partial charge in [-0.1, -0.05) is 0 Å². The number of alkyl halides is 7. The third-order valence-electron chi connectivity index (χ3n) is 9.56. The fourth-order valence-corrected chi connectivity index (χ4v) is 7.89. The second-order valence-corrected chi connectivity index (χ2v) is 12.3. The first-order valence-corrected chi connectivity index (χ1v) is 13.9. The molecule has 5 rings (SSSR count). The number of hydrazine groups is 1. The van der Waals surface area contributed by atoms with Gasteiger partial charge in [0, 0.05) is 44.1 Å². The maximum atomic E-state index is 14.2. The average Bonchev–Trinajstić information content (AvgIpc) is 3.21. The summed E-state index contributed by atoms with van der Waals surface area (Å²) in [5.74, 6) is -3.08. The number of nitrogens with zero attached hydrogens (tertiary/aromatic N) is 3. The van der Waals surface area contributed by atoms with Crippen molar-refractivity contribution in [3.8, 4) is 0 Å². The van der Waals surface area contributed by atoms with Crippen LogP contribution in [0.3, 0.4) is 0 Å². The summed E-state index contributed by atoms with van der Waals surface area (Å²) in [6.07, 6.45) is -6.74. The predicted molar refractivity (Wildman–Crippen MR) is 127 cm³/mol. The first kappa shape index (κ1) is 28.7. The van der Waals surface area contributed by atoms with E-state index in [4.69, 9.17) is 11.6 Å². The summed E-state index contributed by atoms with van der Waals surface area (Å²) in [5, 5.41) is 15.4. The van der Waals surface area contributed by atoms with Crippen LogP contribution in [0, 0.1) is 11.8 Å². The van der Waals surface area contributed by atoms with Gasteiger partial charge in [0.25, 0.3) is 0 Å². The molecule has 1 amide bonds. The molecule has 3 N–H and O–H groups in total. The molecule has 0 aromatic heterocycles. The highest BCUT2D eigenvalue weighted by Crippen LogP contribution is 2.50. The highest BCUT2D eigenvalue weighted by atomic mass is 35.5. The van der Waals surface area contributed by atoms with Gasteiger partial charge in [0.15, 0.2) is 5.60 Å². The number of carbonyl (C=O) groups excluding carboxylic acids is 1. The zero-order chi connectivity index (χ0) is 27.6. The Kier molecular flexibility index (Phi) is 7.69. The smallest absolute Gasteiger partial charge is 0.380 e. The number of piperidine rings is 1. The van der Waals surface area contributed by atoms with Gasteiger partial charge in [0.05, 0.1) is 11.7 Å². The zero-order valence-corrected chi connectivity index (χ0v) is 22.0.